The minimum atomic E-state index is -5.60. The number of nitrogens with one attached hydrogen (secondary N) is 2. The predicted octanol–water partition coefficient (Wildman–Crippen LogP) is 2.00. The lowest BCUT2D eigenvalue weighted by molar-refractivity contribution is -0.123. The summed E-state index contributed by atoms with van der Waals surface area (Å²) in [5.41, 5.74) is -6.58. The first-order valence-corrected chi connectivity index (χ1v) is 12.7. The van der Waals surface area contributed by atoms with Gasteiger partial charge in [0.15, 0.2) is 0 Å². The molecular formula is C19H20F3N5O6S2. The molecule has 0 unspecified atom stereocenters. The summed E-state index contributed by atoms with van der Waals surface area (Å²) in [5.74, 6) is -0.731. The van der Waals surface area contributed by atoms with Gasteiger partial charge in [-0.1, -0.05) is 0 Å². The van der Waals surface area contributed by atoms with Crippen LogP contribution in [-0.2, 0) is 31.4 Å². The Bertz CT molecular complexity index is 1380. The van der Waals surface area contributed by atoms with Crippen molar-refractivity contribution in [2.45, 2.75) is 36.3 Å². The fourth-order valence-electron chi connectivity index (χ4n) is 3.24. The summed E-state index contributed by atoms with van der Waals surface area (Å²) < 4.78 is 89.1. The van der Waals surface area contributed by atoms with Crippen LogP contribution in [0.2, 0.25) is 0 Å². The van der Waals surface area contributed by atoms with Gasteiger partial charge in [0.25, 0.3) is 26.0 Å². The summed E-state index contributed by atoms with van der Waals surface area (Å²) in [6.07, 6.45) is 1.30. The van der Waals surface area contributed by atoms with Crippen molar-refractivity contribution in [1.82, 2.24) is 14.6 Å². The van der Waals surface area contributed by atoms with Gasteiger partial charge < -0.3 is 4.90 Å². The third kappa shape index (κ3) is 4.94. The molecule has 1 aliphatic heterocycles. The van der Waals surface area contributed by atoms with Crippen molar-refractivity contribution in [2.24, 2.45) is 0 Å². The summed E-state index contributed by atoms with van der Waals surface area (Å²) in [7, 11) is -8.24. The highest BCUT2D eigenvalue weighted by Gasteiger charge is 2.52. The zero-order valence-corrected chi connectivity index (χ0v) is 20.1. The minimum absolute atomic E-state index is 0.0362. The molecule has 1 aliphatic rings. The van der Waals surface area contributed by atoms with Crippen LogP contribution in [0.15, 0.2) is 47.5 Å². The number of hydrogen-bond donors (Lipinski definition) is 2. The SMILES string of the molecule is CNS(=O)(=O)Nc1cc(CN2C(=O)N(c3ccc(S(=O)(=O)C(F)(F)F)cc3)C(=O)C2(C)C)ccn1. The number of alkyl halides is 3. The number of benzene rings is 1. The van der Waals surface area contributed by atoms with E-state index in [4.69, 9.17) is 0 Å². The molecule has 35 heavy (non-hydrogen) atoms. The summed E-state index contributed by atoms with van der Waals surface area (Å²) in [6.45, 7) is 2.79. The molecule has 0 bridgehead atoms. The maximum atomic E-state index is 13.1. The molecule has 1 aromatic heterocycles. The maximum absolute atomic E-state index is 13.1. The minimum Gasteiger partial charge on any atom is -0.305 e. The zero-order valence-electron chi connectivity index (χ0n) is 18.5. The molecule has 0 spiro atoms. The monoisotopic (exact) mass is 535 g/mol. The number of nitrogens with zero attached hydrogens (tertiary/aromatic N) is 3. The van der Waals surface area contributed by atoms with Crippen molar-refractivity contribution in [3.63, 3.8) is 0 Å². The standard InChI is InChI=1S/C19H20F3N5O6S2/c1-18(2)16(28)27(13-4-6-14(7-5-13)34(30,31)19(20,21)22)17(29)26(18)11-12-8-9-24-15(10-12)25-35(32,33)23-3/h4-10,23H,11H2,1-3H3,(H,24,25). The van der Waals surface area contributed by atoms with E-state index in [0.717, 1.165) is 17.0 Å². The first-order chi connectivity index (χ1) is 16.0. The Labute approximate surface area is 199 Å². The highest BCUT2D eigenvalue weighted by molar-refractivity contribution is 7.92. The van der Waals surface area contributed by atoms with Crippen molar-refractivity contribution in [2.75, 3.05) is 16.7 Å². The summed E-state index contributed by atoms with van der Waals surface area (Å²) >= 11 is 0. The Kier molecular flexibility index (Phi) is 6.60. The average Bonchev–Trinajstić information content (AvgIpc) is 2.92. The molecule has 3 amide bonds. The first kappa shape index (κ1) is 26.4. The van der Waals surface area contributed by atoms with Gasteiger partial charge in [0.2, 0.25) is 0 Å². The molecule has 2 aromatic rings. The normalized spacial score (nSPS) is 16.6. The number of carbonyl (C=O) groups is 2. The van der Waals surface area contributed by atoms with Gasteiger partial charge in [-0.3, -0.25) is 9.52 Å². The third-order valence-corrected chi connectivity index (χ3v) is 7.72. The molecule has 1 fully saturated rings. The molecule has 190 valence electrons. The molecule has 1 aromatic carbocycles. The van der Waals surface area contributed by atoms with Crippen LogP contribution in [0.1, 0.15) is 19.4 Å². The van der Waals surface area contributed by atoms with Gasteiger partial charge in [-0.15, -0.1) is 0 Å². The van der Waals surface area contributed by atoms with Crippen LogP contribution in [0.4, 0.5) is 29.5 Å². The fourth-order valence-corrected chi connectivity index (χ4v) is 4.49. The highest BCUT2D eigenvalue weighted by Crippen LogP contribution is 2.35. The van der Waals surface area contributed by atoms with Crippen LogP contribution in [0.5, 0.6) is 0 Å². The number of halogens is 3. The second kappa shape index (κ2) is 8.76. The zero-order chi connectivity index (χ0) is 26.4. The van der Waals surface area contributed by atoms with Gasteiger partial charge in [0.05, 0.1) is 10.6 Å². The summed E-state index contributed by atoms with van der Waals surface area (Å²) in [6, 6.07) is 5.26. The number of rotatable bonds is 7. The smallest absolute Gasteiger partial charge is 0.305 e. The van der Waals surface area contributed by atoms with E-state index in [-0.39, 0.29) is 18.1 Å². The Morgan fingerprint density at radius 1 is 1.03 bits per heavy atom. The third-order valence-electron chi connectivity index (χ3n) is 5.21. The van der Waals surface area contributed by atoms with Gasteiger partial charge in [-0.25, -0.2) is 27.8 Å². The van der Waals surface area contributed by atoms with Crippen molar-refractivity contribution in [1.29, 1.82) is 0 Å². The molecule has 1 saturated heterocycles. The van der Waals surface area contributed by atoms with E-state index in [1.54, 1.807) is 0 Å². The molecule has 0 aliphatic carbocycles. The van der Waals surface area contributed by atoms with E-state index in [9.17, 15) is 39.6 Å². The van der Waals surface area contributed by atoms with Gasteiger partial charge >= 0.3 is 11.5 Å². The van der Waals surface area contributed by atoms with Crippen LogP contribution in [-0.4, -0.2) is 56.8 Å². The molecule has 0 saturated carbocycles. The molecule has 2 N–H and O–H groups in total. The lowest BCUT2D eigenvalue weighted by atomic mass is 10.0. The average molecular weight is 536 g/mol. The number of imide groups is 1. The van der Waals surface area contributed by atoms with Gasteiger partial charge in [-0.05, 0) is 55.8 Å². The molecule has 2 heterocycles. The number of urea groups is 1. The van der Waals surface area contributed by atoms with E-state index in [2.05, 4.69) is 14.4 Å². The van der Waals surface area contributed by atoms with E-state index in [0.29, 0.717) is 17.7 Å². The number of pyridine rings is 1. The first-order valence-electron chi connectivity index (χ1n) is 9.75. The molecule has 11 nitrogen and oxygen atoms in total. The van der Waals surface area contributed by atoms with Crippen LogP contribution in [0.3, 0.4) is 0 Å². The van der Waals surface area contributed by atoms with Crippen LogP contribution < -0.4 is 14.3 Å². The van der Waals surface area contributed by atoms with Crippen LogP contribution in [0, 0.1) is 0 Å². The Morgan fingerprint density at radius 2 is 1.63 bits per heavy atom. The molecule has 16 heteroatoms. The van der Waals surface area contributed by atoms with Crippen molar-refractivity contribution < 1.29 is 39.6 Å². The second-order valence-corrected chi connectivity index (χ2v) is 11.4. The van der Waals surface area contributed by atoms with Gasteiger partial charge in [0, 0.05) is 19.8 Å². The molecule has 0 atom stereocenters. The lowest BCUT2D eigenvalue weighted by Crippen LogP contribution is -2.43. The van der Waals surface area contributed by atoms with E-state index in [1.165, 1.54) is 44.1 Å². The Morgan fingerprint density at radius 3 is 2.17 bits per heavy atom. The number of carbonyl (C=O) groups excluding carboxylic acids is 2. The van der Waals surface area contributed by atoms with Crippen molar-refractivity contribution in [3.8, 4) is 0 Å². The van der Waals surface area contributed by atoms with E-state index < -0.39 is 47.9 Å². The second-order valence-electron chi connectivity index (χ2n) is 7.87. The van der Waals surface area contributed by atoms with Gasteiger partial charge in [-0.2, -0.15) is 21.6 Å². The van der Waals surface area contributed by atoms with E-state index >= 15 is 0 Å². The quantitative estimate of drug-likeness (QED) is 0.516. The maximum Gasteiger partial charge on any atom is 0.501 e. The number of aromatic nitrogens is 1. The molecule has 3 rings (SSSR count). The van der Waals surface area contributed by atoms with Crippen LogP contribution >= 0.6 is 0 Å². The number of anilines is 2. The number of hydrogen-bond acceptors (Lipinski definition) is 7. The van der Waals surface area contributed by atoms with Gasteiger partial charge in [0.1, 0.15) is 11.4 Å². The largest absolute Gasteiger partial charge is 0.501 e. The highest BCUT2D eigenvalue weighted by atomic mass is 32.2. The molecular weight excluding hydrogens is 515 g/mol. The lowest BCUT2D eigenvalue weighted by Gasteiger charge is -2.27. The summed E-state index contributed by atoms with van der Waals surface area (Å²) in [5, 5.41) is 0. The number of amides is 3. The predicted molar refractivity (Wildman–Crippen MR) is 118 cm³/mol. The Hall–Kier alpha value is -3.24. The fraction of sp³-hybridized carbons (Fsp3) is 0.316. The van der Waals surface area contributed by atoms with Crippen molar-refractivity contribution >= 4 is 43.5 Å². The number of sulfone groups is 1. The Balaban J connectivity index is 1.89. The van der Waals surface area contributed by atoms with E-state index in [1.807, 2.05) is 0 Å². The van der Waals surface area contributed by atoms with Crippen molar-refractivity contribution in [3.05, 3.63) is 48.2 Å². The molecule has 0 radical (unpaired) electrons. The topological polar surface area (TPSA) is 146 Å². The summed E-state index contributed by atoms with van der Waals surface area (Å²) in [4.78, 5) is 30.9. The van der Waals surface area contributed by atoms with Crippen LogP contribution in [0.25, 0.3) is 0 Å².